The van der Waals surface area contributed by atoms with Gasteiger partial charge < -0.3 is 9.64 Å². The van der Waals surface area contributed by atoms with Gasteiger partial charge in [0, 0.05) is 25.6 Å². The number of likely N-dealkylation sites (tertiary alicyclic amines) is 1. The number of piperidine rings is 1. The Morgan fingerprint density at radius 2 is 1.85 bits per heavy atom. The number of alkyl halides is 2. The van der Waals surface area contributed by atoms with Gasteiger partial charge in [-0.05, 0) is 55.2 Å². The molecule has 0 bridgehead atoms. The van der Waals surface area contributed by atoms with E-state index in [0.29, 0.717) is 23.1 Å². The van der Waals surface area contributed by atoms with Crippen molar-refractivity contribution in [1.82, 2.24) is 9.88 Å². The van der Waals surface area contributed by atoms with Crippen LogP contribution in [0.25, 0.3) is 0 Å². The number of rotatable bonds is 5. The molecular weight excluding hydrogens is 350 g/mol. The first kappa shape index (κ1) is 19.3. The molecule has 1 fully saturated rings. The van der Waals surface area contributed by atoms with E-state index in [4.69, 9.17) is 4.74 Å². The summed E-state index contributed by atoms with van der Waals surface area (Å²) >= 11 is 0. The molecule has 0 unspecified atom stereocenters. The standard InChI is InChI=1S/C21H24F2N2O2/c1-15-10-12-25(13-11-15)20(26)19-5-3-4-17(24-19)14-27-18-8-6-16(7-9-18)21(2,22)23/h3-9,15H,10-14H2,1-2H3. The number of amides is 1. The van der Waals surface area contributed by atoms with Crippen molar-refractivity contribution in [3.8, 4) is 5.75 Å². The van der Waals surface area contributed by atoms with E-state index in [0.717, 1.165) is 32.9 Å². The first-order valence-corrected chi connectivity index (χ1v) is 9.19. The largest absolute Gasteiger partial charge is 0.487 e. The van der Waals surface area contributed by atoms with Crippen LogP contribution in [0.2, 0.25) is 0 Å². The summed E-state index contributed by atoms with van der Waals surface area (Å²) < 4.78 is 32.1. The van der Waals surface area contributed by atoms with Gasteiger partial charge in [0.15, 0.2) is 0 Å². The van der Waals surface area contributed by atoms with Gasteiger partial charge in [0.05, 0.1) is 5.69 Å². The summed E-state index contributed by atoms with van der Waals surface area (Å²) in [7, 11) is 0. The van der Waals surface area contributed by atoms with Crippen LogP contribution in [0.3, 0.4) is 0 Å². The summed E-state index contributed by atoms with van der Waals surface area (Å²) in [5.41, 5.74) is 0.971. The zero-order chi connectivity index (χ0) is 19.4. The lowest BCUT2D eigenvalue weighted by Crippen LogP contribution is -2.38. The highest BCUT2D eigenvalue weighted by atomic mass is 19.3. The Morgan fingerprint density at radius 1 is 1.19 bits per heavy atom. The summed E-state index contributed by atoms with van der Waals surface area (Å²) in [6, 6.07) is 11.0. The zero-order valence-corrected chi connectivity index (χ0v) is 15.6. The van der Waals surface area contributed by atoms with Crippen LogP contribution in [-0.2, 0) is 12.5 Å². The Balaban J connectivity index is 1.61. The minimum atomic E-state index is -2.87. The van der Waals surface area contributed by atoms with E-state index in [-0.39, 0.29) is 18.1 Å². The molecule has 1 aromatic carbocycles. The number of pyridine rings is 1. The van der Waals surface area contributed by atoms with Gasteiger partial charge in [0.2, 0.25) is 0 Å². The third-order valence-electron chi connectivity index (χ3n) is 4.84. The van der Waals surface area contributed by atoms with Crippen LogP contribution in [-0.4, -0.2) is 28.9 Å². The molecule has 1 aliphatic heterocycles. The first-order valence-electron chi connectivity index (χ1n) is 9.19. The lowest BCUT2D eigenvalue weighted by atomic mass is 9.99. The van der Waals surface area contributed by atoms with Crippen LogP contribution in [0, 0.1) is 5.92 Å². The van der Waals surface area contributed by atoms with Gasteiger partial charge in [0.1, 0.15) is 18.1 Å². The summed E-state index contributed by atoms with van der Waals surface area (Å²) in [4.78, 5) is 18.9. The van der Waals surface area contributed by atoms with Crippen LogP contribution < -0.4 is 4.74 Å². The van der Waals surface area contributed by atoms with E-state index in [1.165, 1.54) is 24.3 Å². The third kappa shape index (κ3) is 5.02. The number of carbonyl (C=O) groups is 1. The predicted octanol–water partition coefficient (Wildman–Crippen LogP) is 4.64. The normalized spacial score (nSPS) is 15.6. The molecule has 3 rings (SSSR count). The zero-order valence-electron chi connectivity index (χ0n) is 15.6. The number of halogens is 2. The van der Waals surface area contributed by atoms with E-state index in [1.807, 2.05) is 4.90 Å². The lowest BCUT2D eigenvalue weighted by molar-refractivity contribution is 0.0174. The fourth-order valence-electron chi connectivity index (χ4n) is 3.05. The maximum Gasteiger partial charge on any atom is 0.272 e. The molecule has 1 aromatic heterocycles. The second kappa shape index (κ2) is 8.03. The average Bonchev–Trinajstić information content (AvgIpc) is 2.66. The Labute approximate surface area is 158 Å². The molecule has 4 nitrogen and oxygen atoms in total. The summed E-state index contributed by atoms with van der Waals surface area (Å²) in [5.74, 6) is -1.80. The maximum absolute atomic E-state index is 13.2. The minimum absolute atomic E-state index is 0.0571. The van der Waals surface area contributed by atoms with Crippen molar-refractivity contribution in [1.29, 1.82) is 0 Å². The van der Waals surface area contributed by atoms with Crippen molar-refractivity contribution in [2.75, 3.05) is 13.1 Å². The lowest BCUT2D eigenvalue weighted by Gasteiger charge is -2.30. The van der Waals surface area contributed by atoms with E-state index < -0.39 is 5.92 Å². The van der Waals surface area contributed by atoms with Gasteiger partial charge in [-0.3, -0.25) is 4.79 Å². The highest BCUT2D eigenvalue weighted by Crippen LogP contribution is 2.28. The number of carbonyl (C=O) groups excluding carboxylic acids is 1. The van der Waals surface area contributed by atoms with Gasteiger partial charge in [-0.1, -0.05) is 13.0 Å². The second-order valence-corrected chi connectivity index (χ2v) is 7.19. The van der Waals surface area contributed by atoms with Crippen molar-refractivity contribution < 1.29 is 18.3 Å². The van der Waals surface area contributed by atoms with Gasteiger partial charge in [-0.2, -0.15) is 0 Å². The number of hydrogen-bond donors (Lipinski definition) is 0. The van der Waals surface area contributed by atoms with Crippen LogP contribution in [0.5, 0.6) is 5.75 Å². The number of nitrogens with zero attached hydrogens (tertiary/aromatic N) is 2. The minimum Gasteiger partial charge on any atom is -0.487 e. The van der Waals surface area contributed by atoms with Gasteiger partial charge in [-0.25, -0.2) is 13.8 Å². The molecule has 0 N–H and O–H groups in total. The quantitative estimate of drug-likeness (QED) is 0.765. The highest BCUT2D eigenvalue weighted by Gasteiger charge is 2.24. The number of aromatic nitrogens is 1. The molecule has 1 saturated heterocycles. The fraction of sp³-hybridized carbons (Fsp3) is 0.429. The Morgan fingerprint density at radius 3 is 2.48 bits per heavy atom. The van der Waals surface area contributed by atoms with Gasteiger partial charge in [-0.15, -0.1) is 0 Å². The van der Waals surface area contributed by atoms with Crippen molar-refractivity contribution in [3.63, 3.8) is 0 Å². The van der Waals surface area contributed by atoms with E-state index in [9.17, 15) is 13.6 Å². The van der Waals surface area contributed by atoms with Crippen molar-refractivity contribution in [2.45, 2.75) is 39.2 Å². The molecule has 1 aliphatic rings. The molecular formula is C21H24F2N2O2. The van der Waals surface area contributed by atoms with Crippen LogP contribution in [0.15, 0.2) is 42.5 Å². The van der Waals surface area contributed by atoms with E-state index >= 15 is 0 Å². The average molecular weight is 374 g/mol. The molecule has 27 heavy (non-hydrogen) atoms. The summed E-state index contributed by atoms with van der Waals surface area (Å²) in [6.07, 6.45) is 2.03. The molecule has 0 aliphatic carbocycles. The molecule has 2 heterocycles. The monoisotopic (exact) mass is 374 g/mol. The van der Waals surface area contributed by atoms with Crippen LogP contribution >= 0.6 is 0 Å². The predicted molar refractivity (Wildman–Crippen MR) is 98.9 cm³/mol. The summed E-state index contributed by atoms with van der Waals surface area (Å²) in [5, 5.41) is 0. The molecule has 144 valence electrons. The van der Waals surface area contributed by atoms with Crippen molar-refractivity contribution in [2.24, 2.45) is 5.92 Å². The van der Waals surface area contributed by atoms with Crippen LogP contribution in [0.4, 0.5) is 8.78 Å². The molecule has 0 spiro atoms. The highest BCUT2D eigenvalue weighted by molar-refractivity contribution is 5.92. The molecule has 6 heteroatoms. The number of hydrogen-bond acceptors (Lipinski definition) is 3. The Hall–Kier alpha value is -2.50. The number of benzene rings is 1. The topological polar surface area (TPSA) is 42.4 Å². The van der Waals surface area contributed by atoms with Crippen molar-refractivity contribution in [3.05, 3.63) is 59.4 Å². The second-order valence-electron chi connectivity index (χ2n) is 7.19. The molecule has 0 radical (unpaired) electrons. The van der Waals surface area contributed by atoms with Crippen molar-refractivity contribution >= 4 is 5.91 Å². The maximum atomic E-state index is 13.2. The number of ether oxygens (including phenoxy) is 1. The Bertz CT molecular complexity index is 780. The Kier molecular flexibility index (Phi) is 5.73. The smallest absolute Gasteiger partial charge is 0.272 e. The van der Waals surface area contributed by atoms with Crippen LogP contribution in [0.1, 0.15) is 48.4 Å². The summed E-state index contributed by atoms with van der Waals surface area (Å²) in [6.45, 7) is 4.75. The molecule has 2 aromatic rings. The van der Waals surface area contributed by atoms with Gasteiger partial charge in [0.25, 0.3) is 11.8 Å². The third-order valence-corrected chi connectivity index (χ3v) is 4.84. The molecule has 0 saturated carbocycles. The first-order chi connectivity index (χ1) is 12.8. The van der Waals surface area contributed by atoms with E-state index in [2.05, 4.69) is 11.9 Å². The SMILES string of the molecule is CC1CCN(C(=O)c2cccc(COc3ccc(C(C)(F)F)cc3)n2)CC1. The van der Waals surface area contributed by atoms with Gasteiger partial charge >= 0.3 is 0 Å². The van der Waals surface area contributed by atoms with E-state index in [1.54, 1.807) is 18.2 Å². The fourth-order valence-corrected chi connectivity index (χ4v) is 3.05. The molecule has 0 atom stereocenters. The molecule has 1 amide bonds.